The molecule has 0 fully saturated rings. The van der Waals surface area contributed by atoms with Crippen molar-refractivity contribution in [3.8, 4) is 0 Å². The first-order chi connectivity index (χ1) is 13.9. The van der Waals surface area contributed by atoms with Gasteiger partial charge in [-0.25, -0.2) is 9.59 Å². The molecular formula is C19H19N5O5. The Bertz CT molecular complexity index is 1100. The second kappa shape index (κ2) is 8.74. The van der Waals surface area contributed by atoms with Gasteiger partial charge in [0.15, 0.2) is 0 Å². The SMILES string of the molecule is CCOC(=O)Nc1ccc(C(=O)NCC(=O)Nc2ccc3[nH]c(=O)[nH]c3c2)cc1. The van der Waals surface area contributed by atoms with E-state index in [0.29, 0.717) is 28.0 Å². The van der Waals surface area contributed by atoms with E-state index in [1.165, 1.54) is 12.1 Å². The quantitative estimate of drug-likeness (QED) is 0.431. The Labute approximate surface area is 164 Å². The highest BCUT2D eigenvalue weighted by Gasteiger charge is 2.10. The Hall–Kier alpha value is -4.08. The molecule has 0 spiro atoms. The molecule has 0 aliphatic rings. The maximum atomic E-state index is 12.2. The van der Waals surface area contributed by atoms with Crippen LogP contribution in [-0.4, -0.2) is 41.0 Å². The normalized spacial score (nSPS) is 10.4. The molecule has 0 bridgehead atoms. The lowest BCUT2D eigenvalue weighted by molar-refractivity contribution is -0.115. The summed E-state index contributed by atoms with van der Waals surface area (Å²) in [7, 11) is 0. The fourth-order valence-electron chi connectivity index (χ4n) is 2.57. The smallest absolute Gasteiger partial charge is 0.411 e. The molecule has 2 aromatic carbocycles. The standard InChI is InChI=1S/C19H19N5O5/c1-2-29-19(28)22-12-5-3-11(4-6-12)17(26)20-10-16(25)21-13-7-8-14-15(9-13)24-18(27)23-14/h3-9H,2,10H2,1H3,(H,20,26)(H,21,25)(H,22,28)(H2,23,24,27). The number of carbonyl (C=O) groups excluding carboxylic acids is 3. The summed E-state index contributed by atoms with van der Waals surface area (Å²) < 4.78 is 4.77. The Balaban J connectivity index is 1.51. The molecule has 0 aliphatic heterocycles. The van der Waals surface area contributed by atoms with Gasteiger partial charge in [0, 0.05) is 16.9 Å². The third kappa shape index (κ3) is 5.22. The third-order valence-electron chi connectivity index (χ3n) is 3.88. The van der Waals surface area contributed by atoms with E-state index in [1.807, 2.05) is 0 Å². The molecule has 0 aliphatic carbocycles. The Morgan fingerprint density at radius 1 is 0.931 bits per heavy atom. The van der Waals surface area contributed by atoms with Crippen molar-refractivity contribution in [2.45, 2.75) is 6.92 Å². The minimum atomic E-state index is -0.580. The van der Waals surface area contributed by atoms with Crippen molar-refractivity contribution in [2.75, 3.05) is 23.8 Å². The first-order valence-electron chi connectivity index (χ1n) is 8.78. The fourth-order valence-corrected chi connectivity index (χ4v) is 2.57. The molecule has 10 nitrogen and oxygen atoms in total. The predicted octanol–water partition coefficient (Wildman–Crippen LogP) is 1.79. The molecule has 3 rings (SSSR count). The van der Waals surface area contributed by atoms with Crippen molar-refractivity contribution in [3.05, 3.63) is 58.5 Å². The van der Waals surface area contributed by atoms with Crippen LogP contribution in [0.5, 0.6) is 0 Å². The van der Waals surface area contributed by atoms with E-state index in [0.717, 1.165) is 0 Å². The molecule has 29 heavy (non-hydrogen) atoms. The van der Waals surface area contributed by atoms with Crippen LogP contribution in [0.2, 0.25) is 0 Å². The maximum Gasteiger partial charge on any atom is 0.411 e. The van der Waals surface area contributed by atoms with E-state index in [9.17, 15) is 19.2 Å². The van der Waals surface area contributed by atoms with E-state index in [-0.39, 0.29) is 18.8 Å². The topological polar surface area (TPSA) is 145 Å². The fraction of sp³-hybridized carbons (Fsp3) is 0.158. The zero-order valence-corrected chi connectivity index (χ0v) is 15.5. The molecule has 1 heterocycles. The van der Waals surface area contributed by atoms with Crippen LogP contribution in [0.25, 0.3) is 11.0 Å². The van der Waals surface area contributed by atoms with Crippen LogP contribution in [-0.2, 0) is 9.53 Å². The number of aromatic nitrogens is 2. The van der Waals surface area contributed by atoms with Gasteiger partial charge in [-0.05, 0) is 49.4 Å². The van der Waals surface area contributed by atoms with E-state index in [2.05, 4.69) is 25.9 Å². The maximum absolute atomic E-state index is 12.2. The number of H-pyrrole nitrogens is 2. The monoisotopic (exact) mass is 397 g/mol. The van der Waals surface area contributed by atoms with Crippen molar-refractivity contribution < 1.29 is 19.1 Å². The van der Waals surface area contributed by atoms with Crippen molar-refractivity contribution in [2.24, 2.45) is 0 Å². The van der Waals surface area contributed by atoms with Crippen molar-refractivity contribution in [1.82, 2.24) is 15.3 Å². The molecule has 150 valence electrons. The van der Waals surface area contributed by atoms with Crippen LogP contribution in [0.4, 0.5) is 16.2 Å². The lowest BCUT2D eigenvalue weighted by Gasteiger charge is -2.08. The van der Waals surface area contributed by atoms with Crippen LogP contribution < -0.4 is 21.6 Å². The van der Waals surface area contributed by atoms with Gasteiger partial charge in [0.05, 0.1) is 24.2 Å². The lowest BCUT2D eigenvalue weighted by Crippen LogP contribution is -2.32. The number of ether oxygens (including phenoxy) is 1. The number of imidazole rings is 1. The highest BCUT2D eigenvalue weighted by atomic mass is 16.5. The number of benzene rings is 2. The Kier molecular flexibility index (Phi) is 5.93. The van der Waals surface area contributed by atoms with Crippen LogP contribution in [0.1, 0.15) is 17.3 Å². The number of hydrogen-bond acceptors (Lipinski definition) is 5. The number of hydrogen-bond donors (Lipinski definition) is 5. The minimum absolute atomic E-state index is 0.233. The first kappa shape index (κ1) is 19.7. The molecule has 3 aromatic rings. The molecule has 0 atom stereocenters. The molecular weight excluding hydrogens is 378 g/mol. The van der Waals surface area contributed by atoms with Gasteiger partial charge in [0.2, 0.25) is 5.91 Å². The molecule has 10 heteroatoms. The summed E-state index contributed by atoms with van der Waals surface area (Å²) in [5.74, 6) is -0.857. The molecule has 1 aromatic heterocycles. The molecule has 0 radical (unpaired) electrons. The second-order valence-electron chi connectivity index (χ2n) is 5.99. The van der Waals surface area contributed by atoms with Gasteiger partial charge < -0.3 is 25.3 Å². The van der Waals surface area contributed by atoms with Gasteiger partial charge in [-0.15, -0.1) is 0 Å². The number of amides is 3. The summed E-state index contributed by atoms with van der Waals surface area (Å²) in [6, 6.07) is 11.1. The van der Waals surface area contributed by atoms with E-state index in [4.69, 9.17) is 4.74 Å². The van der Waals surface area contributed by atoms with Gasteiger partial charge in [0.1, 0.15) is 0 Å². The van der Waals surface area contributed by atoms with E-state index >= 15 is 0 Å². The minimum Gasteiger partial charge on any atom is -0.450 e. The largest absolute Gasteiger partial charge is 0.450 e. The van der Waals surface area contributed by atoms with Crippen LogP contribution in [0, 0.1) is 0 Å². The number of anilines is 2. The van der Waals surface area contributed by atoms with Crippen LogP contribution in [0.15, 0.2) is 47.3 Å². The summed E-state index contributed by atoms with van der Waals surface area (Å²) in [6.45, 7) is 1.72. The van der Waals surface area contributed by atoms with Crippen molar-refractivity contribution in [1.29, 1.82) is 0 Å². The third-order valence-corrected chi connectivity index (χ3v) is 3.88. The van der Waals surface area contributed by atoms with Crippen molar-refractivity contribution in [3.63, 3.8) is 0 Å². The lowest BCUT2D eigenvalue weighted by atomic mass is 10.2. The number of rotatable bonds is 6. The molecule has 0 saturated heterocycles. The molecule has 5 N–H and O–H groups in total. The van der Waals surface area contributed by atoms with E-state index < -0.39 is 17.9 Å². The summed E-state index contributed by atoms with van der Waals surface area (Å²) in [5.41, 5.74) is 2.16. The number of carbonyl (C=O) groups is 3. The second-order valence-corrected chi connectivity index (χ2v) is 5.99. The molecule has 0 unspecified atom stereocenters. The molecule has 0 saturated carbocycles. The molecule has 3 amide bonds. The van der Waals surface area contributed by atoms with E-state index in [1.54, 1.807) is 37.3 Å². The Morgan fingerprint density at radius 3 is 2.34 bits per heavy atom. The number of fused-ring (bicyclic) bond motifs is 1. The summed E-state index contributed by atoms with van der Waals surface area (Å²) in [6.07, 6.45) is -0.580. The van der Waals surface area contributed by atoms with Gasteiger partial charge >= 0.3 is 11.8 Å². The van der Waals surface area contributed by atoms with Crippen LogP contribution in [0.3, 0.4) is 0 Å². The number of aromatic amines is 2. The van der Waals surface area contributed by atoms with Gasteiger partial charge in [0.25, 0.3) is 5.91 Å². The van der Waals surface area contributed by atoms with Crippen molar-refractivity contribution >= 4 is 40.3 Å². The Morgan fingerprint density at radius 2 is 1.62 bits per heavy atom. The summed E-state index contributed by atoms with van der Waals surface area (Å²) >= 11 is 0. The summed E-state index contributed by atoms with van der Waals surface area (Å²) in [5, 5.41) is 7.67. The zero-order chi connectivity index (χ0) is 20.8. The average Bonchev–Trinajstić information content (AvgIpc) is 3.06. The van der Waals surface area contributed by atoms with Gasteiger partial charge in [-0.1, -0.05) is 0 Å². The highest BCUT2D eigenvalue weighted by Crippen LogP contribution is 2.14. The zero-order valence-electron chi connectivity index (χ0n) is 15.5. The predicted molar refractivity (Wildman–Crippen MR) is 107 cm³/mol. The summed E-state index contributed by atoms with van der Waals surface area (Å²) in [4.78, 5) is 52.1. The van der Waals surface area contributed by atoms with Crippen LogP contribution >= 0.6 is 0 Å². The highest BCUT2D eigenvalue weighted by molar-refractivity contribution is 6.00. The number of nitrogens with one attached hydrogen (secondary N) is 5. The van der Waals surface area contributed by atoms with Gasteiger partial charge in [-0.3, -0.25) is 14.9 Å². The first-order valence-corrected chi connectivity index (χ1v) is 8.78. The van der Waals surface area contributed by atoms with Gasteiger partial charge in [-0.2, -0.15) is 0 Å². The average molecular weight is 397 g/mol.